The van der Waals surface area contributed by atoms with Crippen LogP contribution in [-0.2, 0) is 22.7 Å². The first-order valence-electron chi connectivity index (χ1n) is 10.4. The molecule has 0 bridgehead atoms. The predicted molar refractivity (Wildman–Crippen MR) is 111 cm³/mol. The van der Waals surface area contributed by atoms with Crippen molar-refractivity contribution in [1.29, 1.82) is 0 Å². The molecule has 2 aromatic rings. The molecule has 144 valence electrons. The molecule has 0 fully saturated rings. The molecule has 1 aliphatic rings. The molecule has 0 saturated heterocycles. The van der Waals surface area contributed by atoms with Crippen molar-refractivity contribution >= 4 is 9.84 Å². The summed E-state index contributed by atoms with van der Waals surface area (Å²) in [6.07, 6.45) is 11.5. The van der Waals surface area contributed by atoms with E-state index in [1.165, 1.54) is 49.7 Å². The number of rotatable bonds is 10. The van der Waals surface area contributed by atoms with Gasteiger partial charge in [0, 0.05) is 11.1 Å². The molecule has 2 aromatic carbocycles. The lowest BCUT2D eigenvalue weighted by molar-refractivity contribution is 0.598. The predicted octanol–water partition coefficient (Wildman–Crippen LogP) is 6.35. The average Bonchev–Trinajstić information content (AvgIpc) is 2.91. The van der Waals surface area contributed by atoms with Crippen molar-refractivity contribution in [2.45, 2.75) is 87.8 Å². The first-order valence-corrected chi connectivity index (χ1v) is 11.9. The Kier molecular flexibility index (Phi) is 6.75. The monoisotopic (exact) mass is 382 g/mol. The van der Waals surface area contributed by atoms with Crippen LogP contribution in [0.2, 0.25) is 0 Å². The van der Waals surface area contributed by atoms with Gasteiger partial charge in [-0.3, -0.25) is 0 Å². The molecule has 1 aliphatic heterocycles. The maximum Gasteiger partial charge on any atom is 0.207 e. The third kappa shape index (κ3) is 4.13. The van der Waals surface area contributed by atoms with Crippen molar-refractivity contribution in [3.8, 4) is 11.1 Å². The Morgan fingerprint density at radius 1 is 0.852 bits per heavy atom. The molecule has 0 unspecified atom stereocenters. The van der Waals surface area contributed by atoms with Crippen LogP contribution in [0.5, 0.6) is 0 Å². The highest BCUT2D eigenvalue weighted by atomic mass is 32.2. The van der Waals surface area contributed by atoms with Crippen LogP contribution in [0.25, 0.3) is 11.1 Å². The maximum absolute atomic E-state index is 13.0. The molecule has 0 saturated carbocycles. The third-order valence-corrected chi connectivity index (χ3v) is 7.34. The maximum atomic E-state index is 13.0. The van der Waals surface area contributed by atoms with Crippen molar-refractivity contribution in [1.82, 2.24) is 0 Å². The van der Waals surface area contributed by atoms with Gasteiger partial charge in [0.15, 0.2) is 0 Å². The number of benzene rings is 2. The van der Waals surface area contributed by atoms with E-state index in [9.17, 15) is 8.42 Å². The van der Waals surface area contributed by atoms with Crippen LogP contribution < -0.4 is 0 Å². The lowest BCUT2D eigenvalue weighted by Gasteiger charge is -2.15. The molecule has 0 N–H and O–H groups in total. The highest BCUT2D eigenvalue weighted by Gasteiger charge is 2.34. The van der Waals surface area contributed by atoms with Crippen LogP contribution in [0.4, 0.5) is 0 Å². The van der Waals surface area contributed by atoms with E-state index in [1.807, 2.05) is 12.1 Å². The summed E-state index contributed by atoms with van der Waals surface area (Å²) < 4.78 is 25.9. The average molecular weight is 383 g/mol. The number of sulfone groups is 1. The van der Waals surface area contributed by atoms with Crippen LogP contribution in [0.3, 0.4) is 0 Å². The van der Waals surface area contributed by atoms with Crippen LogP contribution in [0.1, 0.15) is 76.3 Å². The molecule has 3 rings (SSSR count). The molecule has 0 amide bonds. The van der Waals surface area contributed by atoms with Crippen molar-refractivity contribution in [3.05, 3.63) is 47.5 Å². The number of unbranched alkanes of at least 4 members (excludes halogenated alkanes) is 6. The van der Waals surface area contributed by atoms with Gasteiger partial charge in [-0.15, -0.1) is 0 Å². The Bertz CT molecular complexity index is 881. The van der Waals surface area contributed by atoms with Crippen LogP contribution in [0, 0.1) is 12.1 Å². The van der Waals surface area contributed by atoms with E-state index >= 15 is 0 Å². The first kappa shape index (κ1) is 20.1. The minimum Gasteiger partial charge on any atom is -0.218 e. The van der Waals surface area contributed by atoms with Gasteiger partial charge in [0.25, 0.3) is 0 Å². The summed E-state index contributed by atoms with van der Waals surface area (Å²) >= 11 is 0. The molecule has 0 atom stereocenters. The second-order valence-corrected chi connectivity index (χ2v) is 9.42. The van der Waals surface area contributed by atoms with Crippen molar-refractivity contribution in [3.63, 3.8) is 0 Å². The van der Waals surface area contributed by atoms with E-state index in [2.05, 4.69) is 26.0 Å². The Hall–Kier alpha value is -1.61. The van der Waals surface area contributed by atoms with Gasteiger partial charge >= 0.3 is 0 Å². The number of hydrogen-bond donors (Lipinski definition) is 0. The van der Waals surface area contributed by atoms with Crippen LogP contribution in [0.15, 0.2) is 34.1 Å². The fraction of sp³-hybridized carbons (Fsp3) is 0.500. The molecule has 2 nitrogen and oxygen atoms in total. The second kappa shape index (κ2) is 9.05. The molecular weight excluding hydrogens is 352 g/mol. The first-order chi connectivity index (χ1) is 13.1. The Morgan fingerprint density at radius 3 is 2.26 bits per heavy atom. The topological polar surface area (TPSA) is 34.1 Å². The molecule has 0 aromatic heterocycles. The Labute approximate surface area is 164 Å². The Morgan fingerprint density at radius 2 is 1.56 bits per heavy atom. The minimum atomic E-state index is -3.43. The fourth-order valence-corrected chi connectivity index (χ4v) is 5.67. The van der Waals surface area contributed by atoms with Gasteiger partial charge in [0.2, 0.25) is 9.84 Å². The number of hydrogen-bond acceptors (Lipinski definition) is 2. The molecular formula is C24H30O2S. The third-order valence-electron chi connectivity index (χ3n) is 5.53. The quantitative estimate of drug-likeness (QED) is 0.383. The normalized spacial score (nSPS) is 14.1. The van der Waals surface area contributed by atoms with Crippen molar-refractivity contribution in [2.24, 2.45) is 0 Å². The van der Waals surface area contributed by atoms with E-state index in [-0.39, 0.29) is 0 Å². The lowest BCUT2D eigenvalue weighted by Crippen LogP contribution is -2.02. The zero-order chi connectivity index (χ0) is 19.3. The molecule has 27 heavy (non-hydrogen) atoms. The van der Waals surface area contributed by atoms with Gasteiger partial charge in [-0.2, -0.15) is 0 Å². The SMILES string of the molecule is CCCCCCc1[c]cc2c(c1CCCCCC)-c1cc[c]cc1S2(=O)=O. The molecule has 2 radical (unpaired) electrons. The van der Waals surface area contributed by atoms with Crippen molar-refractivity contribution in [2.75, 3.05) is 0 Å². The van der Waals surface area contributed by atoms with Gasteiger partial charge in [-0.1, -0.05) is 64.5 Å². The van der Waals surface area contributed by atoms with Crippen LogP contribution >= 0.6 is 0 Å². The standard InChI is InChI=1S/C24H30O2S/c1-3-5-7-9-13-19-17-18-23-24(20(19)14-10-8-6-4-2)21-15-11-12-16-22(21)27(23,25)26/h11,15-16,18H,3-10,13-14H2,1-2H3. The fourth-order valence-electron chi connectivity index (χ4n) is 4.04. The van der Waals surface area contributed by atoms with E-state index in [0.717, 1.165) is 36.8 Å². The summed E-state index contributed by atoms with van der Waals surface area (Å²) in [6, 6.07) is 13.4. The number of fused-ring (bicyclic) bond motifs is 3. The van der Waals surface area contributed by atoms with Crippen LogP contribution in [-0.4, -0.2) is 8.42 Å². The molecule has 0 spiro atoms. The largest absolute Gasteiger partial charge is 0.218 e. The van der Waals surface area contributed by atoms with Gasteiger partial charge in [0.1, 0.15) is 0 Å². The van der Waals surface area contributed by atoms with Gasteiger partial charge in [-0.05, 0) is 61.1 Å². The summed E-state index contributed by atoms with van der Waals surface area (Å²) in [6.45, 7) is 4.44. The zero-order valence-electron chi connectivity index (χ0n) is 16.6. The summed E-state index contributed by atoms with van der Waals surface area (Å²) in [4.78, 5) is 0.853. The van der Waals surface area contributed by atoms with E-state index in [4.69, 9.17) is 0 Å². The summed E-state index contributed by atoms with van der Waals surface area (Å²) in [7, 11) is -3.43. The highest BCUT2D eigenvalue weighted by molar-refractivity contribution is 7.92. The molecule has 1 heterocycles. The molecule has 0 aliphatic carbocycles. The van der Waals surface area contributed by atoms with Gasteiger partial charge in [-0.25, -0.2) is 8.42 Å². The minimum absolute atomic E-state index is 0.409. The second-order valence-electron chi connectivity index (χ2n) is 7.53. The summed E-state index contributed by atoms with van der Waals surface area (Å²) in [5.41, 5.74) is 4.24. The van der Waals surface area contributed by atoms with E-state index in [0.29, 0.717) is 9.79 Å². The lowest BCUT2D eigenvalue weighted by atomic mass is 9.89. The van der Waals surface area contributed by atoms with E-state index < -0.39 is 9.84 Å². The number of aryl methyl sites for hydroxylation is 1. The summed E-state index contributed by atoms with van der Waals surface area (Å²) in [5.74, 6) is 0. The smallest absolute Gasteiger partial charge is 0.207 e. The highest BCUT2D eigenvalue weighted by Crippen LogP contribution is 2.46. The van der Waals surface area contributed by atoms with Gasteiger partial charge in [0.05, 0.1) is 9.79 Å². The van der Waals surface area contributed by atoms with E-state index in [1.54, 1.807) is 12.1 Å². The Balaban J connectivity index is 2.00. The van der Waals surface area contributed by atoms with Crippen molar-refractivity contribution < 1.29 is 8.42 Å². The molecule has 3 heteroatoms. The van der Waals surface area contributed by atoms with Gasteiger partial charge < -0.3 is 0 Å². The summed E-state index contributed by atoms with van der Waals surface area (Å²) in [5, 5.41) is 0. The zero-order valence-corrected chi connectivity index (χ0v) is 17.4.